The molecule has 0 spiro atoms. The van der Waals surface area contributed by atoms with Gasteiger partial charge in [0.15, 0.2) is 0 Å². The molecular formula is C13H26N2O. The van der Waals surface area contributed by atoms with Crippen molar-refractivity contribution in [3.63, 3.8) is 0 Å². The Morgan fingerprint density at radius 1 is 1.38 bits per heavy atom. The SMILES string of the molecule is CC1OCCC1CNCC1(CN)CCCC1. The molecule has 0 aromatic heterocycles. The van der Waals surface area contributed by atoms with Crippen molar-refractivity contribution in [2.75, 3.05) is 26.2 Å². The molecule has 0 bridgehead atoms. The van der Waals surface area contributed by atoms with Crippen LogP contribution in [-0.2, 0) is 4.74 Å². The Hall–Kier alpha value is -0.120. The summed E-state index contributed by atoms with van der Waals surface area (Å²) in [6.45, 7) is 6.18. The van der Waals surface area contributed by atoms with Crippen molar-refractivity contribution < 1.29 is 4.74 Å². The van der Waals surface area contributed by atoms with Gasteiger partial charge in [0, 0.05) is 19.7 Å². The first-order chi connectivity index (χ1) is 7.76. The Balaban J connectivity index is 1.70. The Morgan fingerprint density at radius 2 is 2.12 bits per heavy atom. The van der Waals surface area contributed by atoms with E-state index in [9.17, 15) is 0 Å². The highest BCUT2D eigenvalue weighted by Crippen LogP contribution is 2.36. The third-order valence-electron chi connectivity index (χ3n) is 4.54. The van der Waals surface area contributed by atoms with Crippen molar-refractivity contribution in [2.45, 2.75) is 45.1 Å². The van der Waals surface area contributed by atoms with E-state index < -0.39 is 0 Å². The molecular weight excluding hydrogens is 200 g/mol. The van der Waals surface area contributed by atoms with Gasteiger partial charge in [0.05, 0.1) is 6.10 Å². The van der Waals surface area contributed by atoms with Crippen LogP contribution >= 0.6 is 0 Å². The van der Waals surface area contributed by atoms with Crippen molar-refractivity contribution in [2.24, 2.45) is 17.1 Å². The lowest BCUT2D eigenvalue weighted by atomic mass is 9.86. The van der Waals surface area contributed by atoms with Crippen LogP contribution in [0, 0.1) is 11.3 Å². The molecule has 2 aliphatic rings. The number of hydrogen-bond donors (Lipinski definition) is 2. The number of rotatable bonds is 5. The number of ether oxygens (including phenoxy) is 1. The molecule has 0 amide bonds. The molecule has 0 aromatic carbocycles. The lowest BCUT2D eigenvalue weighted by Gasteiger charge is -2.28. The highest BCUT2D eigenvalue weighted by molar-refractivity contribution is 4.88. The summed E-state index contributed by atoms with van der Waals surface area (Å²) in [4.78, 5) is 0. The van der Waals surface area contributed by atoms with Gasteiger partial charge in [-0.15, -0.1) is 0 Å². The molecule has 3 nitrogen and oxygen atoms in total. The summed E-state index contributed by atoms with van der Waals surface area (Å²) in [5.74, 6) is 0.705. The molecule has 94 valence electrons. The fourth-order valence-corrected chi connectivity index (χ4v) is 3.14. The van der Waals surface area contributed by atoms with E-state index in [1.165, 1.54) is 32.1 Å². The zero-order chi connectivity index (χ0) is 11.4. The molecule has 3 heteroatoms. The second-order valence-electron chi connectivity index (χ2n) is 5.67. The second-order valence-corrected chi connectivity index (χ2v) is 5.67. The lowest BCUT2D eigenvalue weighted by Crippen LogP contribution is -2.40. The van der Waals surface area contributed by atoms with Crippen LogP contribution in [0.15, 0.2) is 0 Å². The third kappa shape index (κ3) is 2.76. The van der Waals surface area contributed by atoms with E-state index in [0.29, 0.717) is 17.4 Å². The smallest absolute Gasteiger partial charge is 0.0588 e. The lowest BCUT2D eigenvalue weighted by molar-refractivity contribution is 0.104. The van der Waals surface area contributed by atoms with Crippen LogP contribution in [0.25, 0.3) is 0 Å². The van der Waals surface area contributed by atoms with Gasteiger partial charge in [-0.25, -0.2) is 0 Å². The summed E-state index contributed by atoms with van der Waals surface area (Å²) in [7, 11) is 0. The van der Waals surface area contributed by atoms with Crippen LogP contribution in [0.1, 0.15) is 39.0 Å². The van der Waals surface area contributed by atoms with Crippen LogP contribution in [0.2, 0.25) is 0 Å². The Morgan fingerprint density at radius 3 is 2.69 bits per heavy atom. The van der Waals surface area contributed by atoms with Crippen molar-refractivity contribution in [3.8, 4) is 0 Å². The van der Waals surface area contributed by atoms with E-state index >= 15 is 0 Å². The minimum atomic E-state index is 0.405. The monoisotopic (exact) mass is 226 g/mol. The van der Waals surface area contributed by atoms with Crippen LogP contribution in [0.5, 0.6) is 0 Å². The molecule has 1 heterocycles. The predicted molar refractivity (Wildman–Crippen MR) is 66.3 cm³/mol. The number of nitrogens with one attached hydrogen (secondary N) is 1. The molecule has 1 saturated heterocycles. The van der Waals surface area contributed by atoms with Gasteiger partial charge in [-0.1, -0.05) is 12.8 Å². The molecule has 0 aromatic rings. The van der Waals surface area contributed by atoms with Gasteiger partial charge in [-0.2, -0.15) is 0 Å². The molecule has 3 N–H and O–H groups in total. The van der Waals surface area contributed by atoms with Crippen molar-refractivity contribution in [1.82, 2.24) is 5.32 Å². The fraction of sp³-hybridized carbons (Fsp3) is 1.00. The van der Waals surface area contributed by atoms with Gasteiger partial charge < -0.3 is 15.8 Å². The van der Waals surface area contributed by atoms with E-state index in [4.69, 9.17) is 10.5 Å². The van der Waals surface area contributed by atoms with E-state index in [1.54, 1.807) is 0 Å². The first-order valence-electron chi connectivity index (χ1n) is 6.78. The second kappa shape index (κ2) is 5.48. The standard InChI is InChI=1S/C13H26N2O/c1-11-12(4-7-16-11)8-15-10-13(9-14)5-2-3-6-13/h11-12,15H,2-10,14H2,1H3. The van der Waals surface area contributed by atoms with Gasteiger partial charge in [0.2, 0.25) is 0 Å². The van der Waals surface area contributed by atoms with Crippen LogP contribution < -0.4 is 11.1 Å². The maximum absolute atomic E-state index is 5.93. The number of nitrogens with two attached hydrogens (primary N) is 1. The minimum Gasteiger partial charge on any atom is -0.378 e. The largest absolute Gasteiger partial charge is 0.378 e. The summed E-state index contributed by atoms with van der Waals surface area (Å²) < 4.78 is 5.57. The van der Waals surface area contributed by atoms with E-state index in [2.05, 4.69) is 12.2 Å². The maximum Gasteiger partial charge on any atom is 0.0588 e. The van der Waals surface area contributed by atoms with Crippen molar-refractivity contribution in [3.05, 3.63) is 0 Å². The Bertz CT molecular complexity index is 214. The van der Waals surface area contributed by atoms with Gasteiger partial charge in [-0.3, -0.25) is 0 Å². The molecule has 1 saturated carbocycles. The van der Waals surface area contributed by atoms with E-state index in [-0.39, 0.29) is 0 Å². The molecule has 1 aliphatic heterocycles. The Labute approximate surface area is 99.1 Å². The number of hydrogen-bond acceptors (Lipinski definition) is 3. The van der Waals surface area contributed by atoms with Gasteiger partial charge in [0.1, 0.15) is 0 Å². The summed E-state index contributed by atoms with van der Waals surface area (Å²) >= 11 is 0. The summed E-state index contributed by atoms with van der Waals surface area (Å²) in [5.41, 5.74) is 6.33. The Kier molecular flexibility index (Phi) is 4.22. The third-order valence-corrected chi connectivity index (χ3v) is 4.54. The molecule has 2 rings (SSSR count). The molecule has 2 atom stereocenters. The highest BCUT2D eigenvalue weighted by atomic mass is 16.5. The molecule has 0 radical (unpaired) electrons. The predicted octanol–water partition coefficient (Wildman–Crippen LogP) is 1.52. The molecule has 2 fully saturated rings. The van der Waals surface area contributed by atoms with Crippen molar-refractivity contribution >= 4 is 0 Å². The normalized spacial score (nSPS) is 33.4. The summed E-state index contributed by atoms with van der Waals surface area (Å²) in [5, 5.41) is 3.63. The first kappa shape index (κ1) is 12.3. The minimum absolute atomic E-state index is 0.405. The van der Waals surface area contributed by atoms with E-state index in [1.807, 2.05) is 0 Å². The fourth-order valence-electron chi connectivity index (χ4n) is 3.14. The zero-order valence-electron chi connectivity index (χ0n) is 10.5. The molecule has 1 aliphatic carbocycles. The van der Waals surface area contributed by atoms with E-state index in [0.717, 1.165) is 26.2 Å². The summed E-state index contributed by atoms with van der Waals surface area (Å²) in [6.07, 6.45) is 7.00. The van der Waals surface area contributed by atoms with Gasteiger partial charge in [-0.05, 0) is 44.1 Å². The quantitative estimate of drug-likeness (QED) is 0.747. The molecule has 16 heavy (non-hydrogen) atoms. The van der Waals surface area contributed by atoms with Crippen LogP contribution in [-0.4, -0.2) is 32.3 Å². The average molecular weight is 226 g/mol. The average Bonchev–Trinajstić information content (AvgIpc) is 2.90. The topological polar surface area (TPSA) is 47.3 Å². The van der Waals surface area contributed by atoms with Gasteiger partial charge in [0.25, 0.3) is 0 Å². The van der Waals surface area contributed by atoms with Crippen LogP contribution in [0.4, 0.5) is 0 Å². The highest BCUT2D eigenvalue weighted by Gasteiger charge is 2.32. The van der Waals surface area contributed by atoms with Crippen molar-refractivity contribution in [1.29, 1.82) is 0 Å². The maximum atomic E-state index is 5.93. The summed E-state index contributed by atoms with van der Waals surface area (Å²) in [6, 6.07) is 0. The zero-order valence-corrected chi connectivity index (χ0v) is 10.5. The molecule has 2 unspecified atom stereocenters. The van der Waals surface area contributed by atoms with Gasteiger partial charge >= 0.3 is 0 Å². The first-order valence-corrected chi connectivity index (χ1v) is 6.78. The van der Waals surface area contributed by atoms with Crippen LogP contribution in [0.3, 0.4) is 0 Å².